The predicted molar refractivity (Wildman–Crippen MR) is 105 cm³/mol. The summed E-state index contributed by atoms with van der Waals surface area (Å²) in [4.78, 5) is 13.0. The number of anilines is 1. The fourth-order valence-corrected chi connectivity index (χ4v) is 4.06. The first kappa shape index (κ1) is 20.0. The molecule has 1 saturated carbocycles. The molecule has 4 atom stereocenters. The number of fused-ring (bicyclic) bond motifs is 1. The number of aliphatic hydroxyl groups is 3. The average Bonchev–Trinajstić information content (AvgIpc) is 3.23. The van der Waals surface area contributed by atoms with E-state index in [4.69, 9.17) is 10.5 Å². The monoisotopic (exact) mass is 401 g/mol. The lowest BCUT2D eigenvalue weighted by molar-refractivity contribution is -0.0511. The van der Waals surface area contributed by atoms with Gasteiger partial charge in [-0.3, -0.25) is 4.57 Å². The lowest BCUT2D eigenvalue weighted by atomic mass is 9.92. The Morgan fingerprint density at radius 2 is 1.83 bits per heavy atom. The van der Waals surface area contributed by atoms with Crippen molar-refractivity contribution in [1.82, 2.24) is 19.5 Å². The van der Waals surface area contributed by atoms with Gasteiger partial charge in [0.1, 0.15) is 23.8 Å². The number of ether oxygens (including phenoxy) is 1. The molecule has 0 amide bonds. The summed E-state index contributed by atoms with van der Waals surface area (Å²) in [5, 5.41) is 29.7. The third-order valence-electron chi connectivity index (χ3n) is 5.73. The number of rotatable bonds is 2. The van der Waals surface area contributed by atoms with Gasteiger partial charge in [-0.25, -0.2) is 15.0 Å². The molecular formula is C20H27N5O4. The minimum absolute atomic E-state index is 0.197. The zero-order valence-electron chi connectivity index (χ0n) is 16.2. The smallest absolute Gasteiger partial charge is 0.208 e. The van der Waals surface area contributed by atoms with E-state index in [-0.39, 0.29) is 5.82 Å². The van der Waals surface area contributed by atoms with Gasteiger partial charge in [-0.1, -0.05) is 38.0 Å². The lowest BCUT2D eigenvalue weighted by Gasteiger charge is -2.16. The van der Waals surface area contributed by atoms with Crippen molar-refractivity contribution in [2.45, 2.75) is 69.5 Å². The van der Waals surface area contributed by atoms with Crippen LogP contribution in [0.5, 0.6) is 0 Å². The molecule has 1 aliphatic heterocycles. The molecule has 1 saturated heterocycles. The van der Waals surface area contributed by atoms with E-state index in [2.05, 4.69) is 26.8 Å². The first-order valence-electron chi connectivity index (χ1n) is 10.2. The van der Waals surface area contributed by atoms with Crippen LogP contribution in [0.25, 0.3) is 11.2 Å². The Kier molecular flexibility index (Phi) is 5.96. The highest BCUT2D eigenvalue weighted by atomic mass is 16.6. The van der Waals surface area contributed by atoms with Crippen LogP contribution in [0.1, 0.15) is 57.0 Å². The van der Waals surface area contributed by atoms with Crippen LogP contribution in [0, 0.1) is 17.8 Å². The second kappa shape index (κ2) is 8.63. The van der Waals surface area contributed by atoms with Gasteiger partial charge in [0.2, 0.25) is 5.82 Å². The van der Waals surface area contributed by atoms with Gasteiger partial charge in [-0.2, -0.15) is 0 Å². The second-order valence-corrected chi connectivity index (χ2v) is 7.80. The van der Waals surface area contributed by atoms with E-state index < -0.39 is 31.1 Å². The second-order valence-electron chi connectivity index (χ2n) is 7.80. The Balaban J connectivity index is 1.63. The van der Waals surface area contributed by atoms with Gasteiger partial charge in [0.05, 0.1) is 12.9 Å². The molecule has 2 unspecified atom stereocenters. The largest absolute Gasteiger partial charge is 0.394 e. The number of nitrogen functional groups attached to an aromatic ring is 1. The van der Waals surface area contributed by atoms with Gasteiger partial charge >= 0.3 is 0 Å². The molecule has 29 heavy (non-hydrogen) atoms. The summed E-state index contributed by atoms with van der Waals surface area (Å²) in [5.74, 6) is 7.18. The maximum atomic E-state index is 10.3. The van der Waals surface area contributed by atoms with E-state index in [0.29, 0.717) is 22.9 Å². The van der Waals surface area contributed by atoms with E-state index in [0.717, 1.165) is 12.8 Å². The molecule has 9 nitrogen and oxygen atoms in total. The maximum absolute atomic E-state index is 10.3. The van der Waals surface area contributed by atoms with Crippen LogP contribution in [0.15, 0.2) is 6.33 Å². The summed E-state index contributed by atoms with van der Waals surface area (Å²) >= 11 is 0. The highest BCUT2D eigenvalue weighted by Crippen LogP contribution is 2.32. The molecule has 1 aliphatic carbocycles. The quantitative estimate of drug-likeness (QED) is 0.540. The van der Waals surface area contributed by atoms with Crippen molar-refractivity contribution >= 4 is 17.0 Å². The van der Waals surface area contributed by atoms with E-state index in [1.807, 2.05) is 0 Å². The van der Waals surface area contributed by atoms with Crippen molar-refractivity contribution in [2.75, 3.05) is 12.3 Å². The van der Waals surface area contributed by atoms with Crippen LogP contribution in [-0.4, -0.2) is 59.8 Å². The highest BCUT2D eigenvalue weighted by molar-refractivity contribution is 5.82. The summed E-state index contributed by atoms with van der Waals surface area (Å²) in [6.07, 6.45) is 5.57. The van der Waals surface area contributed by atoms with Gasteiger partial charge < -0.3 is 25.8 Å². The van der Waals surface area contributed by atoms with E-state index in [1.54, 1.807) is 0 Å². The lowest BCUT2D eigenvalue weighted by Crippen LogP contribution is -2.33. The first-order valence-corrected chi connectivity index (χ1v) is 10.2. The number of aromatic nitrogens is 4. The molecule has 3 heterocycles. The van der Waals surface area contributed by atoms with E-state index in [9.17, 15) is 15.3 Å². The molecule has 2 aliphatic rings. The van der Waals surface area contributed by atoms with Crippen LogP contribution >= 0.6 is 0 Å². The molecule has 4 rings (SSSR count). The molecule has 0 bridgehead atoms. The molecule has 2 fully saturated rings. The van der Waals surface area contributed by atoms with Crippen LogP contribution in [0.2, 0.25) is 0 Å². The first-order chi connectivity index (χ1) is 14.1. The molecule has 9 heteroatoms. The molecule has 2 aromatic heterocycles. The minimum Gasteiger partial charge on any atom is -0.394 e. The van der Waals surface area contributed by atoms with Gasteiger partial charge in [0.25, 0.3) is 0 Å². The molecule has 0 radical (unpaired) electrons. The van der Waals surface area contributed by atoms with Crippen LogP contribution in [0.3, 0.4) is 0 Å². The zero-order chi connectivity index (χ0) is 20.4. The summed E-state index contributed by atoms with van der Waals surface area (Å²) in [6.45, 7) is -0.406. The number of hydrogen-bond acceptors (Lipinski definition) is 8. The molecule has 0 aromatic carbocycles. The fourth-order valence-electron chi connectivity index (χ4n) is 4.06. The van der Waals surface area contributed by atoms with Crippen LogP contribution in [-0.2, 0) is 4.74 Å². The van der Waals surface area contributed by atoms with Crippen molar-refractivity contribution in [3.63, 3.8) is 0 Å². The Labute approximate surface area is 168 Å². The number of imidazole rings is 1. The average molecular weight is 401 g/mol. The zero-order valence-corrected chi connectivity index (χ0v) is 16.2. The van der Waals surface area contributed by atoms with Crippen molar-refractivity contribution in [3.05, 3.63) is 12.2 Å². The standard InChI is InChI=1S/C20H27N5O4/c21-18-15-19(25(11-22-15)20-17(28)16(27)13(10-26)29-20)24-14(23-18)9-8-12-6-4-2-1-3-5-7-12/h11-13,16-17,20,26-28H,1-7,10H2,(H2,21,23,24)/t13-,16?,17?,20-/m1/s1. The van der Waals surface area contributed by atoms with Gasteiger partial charge in [0, 0.05) is 5.92 Å². The Bertz CT molecular complexity index is 913. The van der Waals surface area contributed by atoms with Crippen molar-refractivity contribution in [3.8, 4) is 11.8 Å². The van der Waals surface area contributed by atoms with Gasteiger partial charge in [0.15, 0.2) is 17.7 Å². The Morgan fingerprint density at radius 3 is 2.52 bits per heavy atom. The third kappa shape index (κ3) is 4.07. The number of hydrogen-bond donors (Lipinski definition) is 4. The van der Waals surface area contributed by atoms with E-state index >= 15 is 0 Å². The number of nitrogens with zero attached hydrogens (tertiary/aromatic N) is 4. The molecule has 156 valence electrons. The molecule has 5 N–H and O–H groups in total. The highest BCUT2D eigenvalue weighted by Gasteiger charge is 2.44. The SMILES string of the molecule is Nc1nc(C#CC2CCCCCCC2)nc2c1ncn2[C@@H]1O[C@H](CO)C(O)C1O. The molecule has 2 aromatic rings. The summed E-state index contributed by atoms with van der Waals surface area (Å²) in [5.41, 5.74) is 6.80. The third-order valence-corrected chi connectivity index (χ3v) is 5.73. The Morgan fingerprint density at radius 1 is 1.10 bits per heavy atom. The van der Waals surface area contributed by atoms with Gasteiger partial charge in [-0.05, 0) is 18.8 Å². The van der Waals surface area contributed by atoms with E-state index in [1.165, 1.54) is 43.0 Å². The Hall–Kier alpha value is -2.25. The topological polar surface area (TPSA) is 140 Å². The maximum Gasteiger partial charge on any atom is 0.208 e. The summed E-state index contributed by atoms with van der Waals surface area (Å²) < 4.78 is 7.08. The van der Waals surface area contributed by atoms with Crippen molar-refractivity contribution < 1.29 is 20.1 Å². The molecule has 0 spiro atoms. The van der Waals surface area contributed by atoms with Crippen LogP contribution in [0.4, 0.5) is 5.82 Å². The van der Waals surface area contributed by atoms with Crippen molar-refractivity contribution in [2.24, 2.45) is 5.92 Å². The summed E-state index contributed by atoms with van der Waals surface area (Å²) in [7, 11) is 0. The van der Waals surface area contributed by atoms with Gasteiger partial charge in [-0.15, -0.1) is 0 Å². The summed E-state index contributed by atoms with van der Waals surface area (Å²) in [6, 6.07) is 0. The minimum atomic E-state index is -1.23. The normalized spacial score (nSPS) is 28.7. The fraction of sp³-hybridized carbons (Fsp3) is 0.650. The van der Waals surface area contributed by atoms with Crippen molar-refractivity contribution in [1.29, 1.82) is 0 Å². The molecular weight excluding hydrogens is 374 g/mol. The number of aliphatic hydroxyl groups excluding tert-OH is 3. The number of nitrogens with two attached hydrogens (primary N) is 1. The predicted octanol–water partition coefficient (Wildman–Crippen LogP) is 0.732. The van der Waals surface area contributed by atoms with Crippen LogP contribution < -0.4 is 5.73 Å².